The van der Waals surface area contributed by atoms with Gasteiger partial charge in [-0.05, 0) is 47.9 Å². The average molecular weight is 359 g/mol. The lowest BCUT2D eigenvalue weighted by Gasteiger charge is -2.04. The van der Waals surface area contributed by atoms with Crippen LogP contribution in [0.15, 0.2) is 83.7 Å². The summed E-state index contributed by atoms with van der Waals surface area (Å²) in [5.74, 6) is -0.115. The summed E-state index contributed by atoms with van der Waals surface area (Å²) in [6.07, 6.45) is 3.30. The fourth-order valence-corrected chi connectivity index (χ4v) is 3.84. The third-order valence-corrected chi connectivity index (χ3v) is 5.18. The topological polar surface area (TPSA) is 42.2 Å². The minimum Gasteiger partial charge on any atom is -0.472 e. The second kappa shape index (κ2) is 7.02. The molecule has 128 valence electrons. The molecule has 2 heterocycles. The molecule has 3 nitrogen and oxygen atoms in total. The lowest BCUT2D eigenvalue weighted by atomic mass is 10.1. The van der Waals surface area contributed by atoms with Gasteiger partial charge in [0.2, 0.25) is 0 Å². The molecule has 0 aliphatic rings. The molecular formula is C22H17NO2S. The Bertz CT molecular complexity index is 1030. The van der Waals surface area contributed by atoms with Crippen LogP contribution in [0, 0.1) is 6.92 Å². The van der Waals surface area contributed by atoms with Crippen LogP contribution in [0.2, 0.25) is 0 Å². The van der Waals surface area contributed by atoms with E-state index in [9.17, 15) is 4.79 Å². The first-order valence-corrected chi connectivity index (χ1v) is 9.12. The van der Waals surface area contributed by atoms with Crippen molar-refractivity contribution in [2.24, 2.45) is 0 Å². The minimum atomic E-state index is -0.115. The van der Waals surface area contributed by atoms with Crippen molar-refractivity contribution in [3.63, 3.8) is 0 Å². The van der Waals surface area contributed by atoms with Crippen LogP contribution in [0.1, 0.15) is 15.2 Å². The lowest BCUT2D eigenvalue weighted by Crippen LogP contribution is -2.10. The summed E-state index contributed by atoms with van der Waals surface area (Å²) in [6, 6.07) is 21.6. The van der Waals surface area contributed by atoms with E-state index in [0.717, 1.165) is 27.3 Å². The highest BCUT2D eigenvalue weighted by Gasteiger charge is 2.12. The third-order valence-electron chi connectivity index (χ3n) is 4.22. The molecule has 0 aliphatic heterocycles. The number of furan rings is 1. The number of carbonyl (C=O) groups is 1. The summed E-state index contributed by atoms with van der Waals surface area (Å²) in [5.41, 5.74) is 4.84. The molecule has 0 fully saturated rings. The van der Waals surface area contributed by atoms with Gasteiger partial charge in [0.1, 0.15) is 0 Å². The van der Waals surface area contributed by atoms with Crippen molar-refractivity contribution in [2.45, 2.75) is 6.92 Å². The predicted molar refractivity (Wildman–Crippen MR) is 107 cm³/mol. The largest absolute Gasteiger partial charge is 0.472 e. The Morgan fingerprint density at radius 1 is 0.923 bits per heavy atom. The van der Waals surface area contributed by atoms with Crippen molar-refractivity contribution >= 4 is 22.2 Å². The molecule has 26 heavy (non-hydrogen) atoms. The second-order valence-electron chi connectivity index (χ2n) is 5.99. The number of rotatable bonds is 4. The normalized spacial score (nSPS) is 10.7. The maximum absolute atomic E-state index is 12.7. The number of thiophene rings is 1. The van der Waals surface area contributed by atoms with Crippen molar-refractivity contribution in [2.75, 3.05) is 5.32 Å². The Hall–Kier alpha value is -3.11. The molecule has 0 aliphatic carbocycles. The fraction of sp³-hybridized carbons (Fsp3) is 0.0455. The highest BCUT2D eigenvalue weighted by molar-refractivity contribution is 7.16. The second-order valence-corrected chi connectivity index (χ2v) is 7.25. The summed E-state index contributed by atoms with van der Waals surface area (Å²) < 4.78 is 5.12. The Morgan fingerprint density at radius 2 is 1.73 bits per heavy atom. The van der Waals surface area contributed by atoms with Gasteiger partial charge in [0.05, 0.1) is 17.5 Å². The first-order chi connectivity index (χ1) is 12.7. The molecule has 1 N–H and O–H groups in total. The van der Waals surface area contributed by atoms with Crippen molar-refractivity contribution in [1.82, 2.24) is 0 Å². The molecule has 2 aromatic carbocycles. The lowest BCUT2D eigenvalue weighted by molar-refractivity contribution is 0.102. The molecule has 2 aromatic heterocycles. The molecule has 0 bridgehead atoms. The first kappa shape index (κ1) is 16.4. The minimum absolute atomic E-state index is 0.115. The Balaban J connectivity index is 1.57. The van der Waals surface area contributed by atoms with Crippen LogP contribution in [-0.4, -0.2) is 5.91 Å². The van der Waals surface area contributed by atoms with E-state index >= 15 is 0 Å². The molecule has 1 amide bonds. The average Bonchev–Trinajstić information content (AvgIpc) is 3.32. The van der Waals surface area contributed by atoms with Gasteiger partial charge in [0, 0.05) is 16.0 Å². The summed E-state index contributed by atoms with van der Waals surface area (Å²) in [6.45, 7) is 2.07. The number of benzene rings is 2. The zero-order valence-corrected chi connectivity index (χ0v) is 15.0. The highest BCUT2D eigenvalue weighted by atomic mass is 32.1. The molecule has 4 heteroatoms. The Labute approximate surface area is 155 Å². The summed E-state index contributed by atoms with van der Waals surface area (Å²) in [4.78, 5) is 13.8. The van der Waals surface area contributed by atoms with E-state index in [2.05, 4.69) is 24.4 Å². The van der Waals surface area contributed by atoms with Gasteiger partial charge in [-0.1, -0.05) is 42.5 Å². The van der Waals surface area contributed by atoms with Crippen molar-refractivity contribution in [1.29, 1.82) is 0 Å². The zero-order valence-electron chi connectivity index (χ0n) is 14.2. The maximum Gasteiger partial charge on any atom is 0.256 e. The Kier molecular flexibility index (Phi) is 4.42. The van der Waals surface area contributed by atoms with Gasteiger partial charge in [-0.25, -0.2) is 0 Å². The van der Waals surface area contributed by atoms with Crippen LogP contribution in [-0.2, 0) is 0 Å². The van der Waals surface area contributed by atoms with Gasteiger partial charge in [-0.3, -0.25) is 4.79 Å². The number of aryl methyl sites for hydroxylation is 1. The van der Waals surface area contributed by atoms with E-state index < -0.39 is 0 Å². The van der Waals surface area contributed by atoms with Crippen LogP contribution in [0.4, 0.5) is 5.00 Å². The molecule has 4 aromatic rings. The smallest absolute Gasteiger partial charge is 0.256 e. The Morgan fingerprint density at radius 3 is 2.50 bits per heavy atom. The third kappa shape index (κ3) is 3.32. The van der Waals surface area contributed by atoms with Crippen LogP contribution in [0.3, 0.4) is 0 Å². The summed E-state index contributed by atoms with van der Waals surface area (Å²) in [7, 11) is 0. The van der Waals surface area contributed by atoms with E-state index in [1.54, 1.807) is 23.9 Å². The molecule has 0 saturated heterocycles. The molecule has 0 atom stereocenters. The van der Waals surface area contributed by atoms with Crippen molar-refractivity contribution in [3.05, 3.63) is 89.7 Å². The number of carbonyl (C=O) groups excluding carboxylic acids is 1. The van der Waals surface area contributed by atoms with Gasteiger partial charge in [-0.2, -0.15) is 0 Å². The van der Waals surface area contributed by atoms with E-state index in [0.29, 0.717) is 5.56 Å². The molecule has 0 saturated carbocycles. The van der Waals surface area contributed by atoms with E-state index in [1.807, 2.05) is 54.6 Å². The van der Waals surface area contributed by atoms with Gasteiger partial charge >= 0.3 is 0 Å². The maximum atomic E-state index is 12.7. The number of hydrogen-bond acceptors (Lipinski definition) is 3. The summed E-state index contributed by atoms with van der Waals surface area (Å²) in [5, 5.41) is 3.87. The molecule has 0 spiro atoms. The number of nitrogens with one attached hydrogen (secondary N) is 1. The van der Waals surface area contributed by atoms with E-state index in [1.165, 1.54) is 4.88 Å². The van der Waals surface area contributed by atoms with Crippen molar-refractivity contribution in [3.8, 4) is 22.3 Å². The van der Waals surface area contributed by atoms with Crippen LogP contribution < -0.4 is 5.32 Å². The monoisotopic (exact) mass is 359 g/mol. The van der Waals surface area contributed by atoms with Crippen molar-refractivity contribution < 1.29 is 9.21 Å². The van der Waals surface area contributed by atoms with Gasteiger partial charge in [0.25, 0.3) is 5.91 Å². The quantitative estimate of drug-likeness (QED) is 0.469. The van der Waals surface area contributed by atoms with E-state index in [-0.39, 0.29) is 5.91 Å². The fourth-order valence-electron chi connectivity index (χ4n) is 2.90. The number of hydrogen-bond donors (Lipinski definition) is 1. The van der Waals surface area contributed by atoms with Gasteiger partial charge in [0.15, 0.2) is 0 Å². The van der Waals surface area contributed by atoms with Gasteiger partial charge in [-0.15, -0.1) is 11.3 Å². The number of anilines is 1. The van der Waals surface area contributed by atoms with Crippen LogP contribution >= 0.6 is 11.3 Å². The molecule has 0 unspecified atom stereocenters. The molecule has 0 radical (unpaired) electrons. The highest BCUT2D eigenvalue weighted by Crippen LogP contribution is 2.34. The van der Waals surface area contributed by atoms with Gasteiger partial charge < -0.3 is 9.73 Å². The first-order valence-electron chi connectivity index (χ1n) is 8.30. The van der Waals surface area contributed by atoms with Crippen LogP contribution in [0.25, 0.3) is 22.3 Å². The standard InChI is InChI=1S/C22H17NO2S/c1-15-20(16-6-3-2-4-7-16)13-21(26-15)23-22(24)18-9-5-8-17(12-18)19-10-11-25-14-19/h2-14H,1H3,(H,23,24). The summed E-state index contributed by atoms with van der Waals surface area (Å²) >= 11 is 1.59. The molecule has 4 rings (SSSR count). The van der Waals surface area contributed by atoms with Crippen LogP contribution in [0.5, 0.6) is 0 Å². The predicted octanol–water partition coefficient (Wildman–Crippen LogP) is 6.24. The van der Waals surface area contributed by atoms with E-state index in [4.69, 9.17) is 4.42 Å². The zero-order chi connectivity index (χ0) is 17.9. The number of amides is 1. The SMILES string of the molecule is Cc1sc(NC(=O)c2cccc(-c3ccoc3)c2)cc1-c1ccccc1. The molecular weight excluding hydrogens is 342 g/mol.